The van der Waals surface area contributed by atoms with Crippen LogP contribution in [-0.4, -0.2) is 39.2 Å². The summed E-state index contributed by atoms with van der Waals surface area (Å²) in [7, 11) is 0. The molecule has 0 bridgehead atoms. The molecule has 1 aromatic heterocycles. The summed E-state index contributed by atoms with van der Waals surface area (Å²) in [6, 6.07) is 10.2. The highest BCUT2D eigenvalue weighted by molar-refractivity contribution is 6.09. The van der Waals surface area contributed by atoms with Gasteiger partial charge in [0, 0.05) is 31.0 Å². The fraction of sp³-hybridized carbons (Fsp3) is 0.250. The summed E-state index contributed by atoms with van der Waals surface area (Å²) >= 11 is 0. The number of nitrogens with zero attached hydrogens (tertiary/aromatic N) is 3. The zero-order chi connectivity index (χ0) is 18.1. The van der Waals surface area contributed by atoms with Crippen LogP contribution in [0.3, 0.4) is 0 Å². The number of benzene rings is 1. The highest BCUT2D eigenvalue weighted by atomic mass is 16.2. The molecule has 0 radical (unpaired) electrons. The summed E-state index contributed by atoms with van der Waals surface area (Å²) in [5.41, 5.74) is 0.174. The molecule has 2 aromatic rings. The Morgan fingerprint density at radius 2 is 2.12 bits per heavy atom. The molecule has 1 N–H and O–H groups in total. The minimum atomic E-state index is -0.964. The zero-order valence-electron chi connectivity index (χ0n) is 14.6. The summed E-state index contributed by atoms with van der Waals surface area (Å²) in [4.78, 5) is 30.7. The molecule has 1 unspecified atom stereocenters. The molecule has 6 heteroatoms. The van der Waals surface area contributed by atoms with Gasteiger partial charge < -0.3 is 14.8 Å². The number of hydrogen-bond donors (Lipinski definition) is 1. The fourth-order valence-electron chi connectivity index (χ4n) is 3.50. The lowest BCUT2D eigenvalue weighted by molar-refractivity contribution is -0.134. The molecule has 0 aliphatic carbocycles. The number of aliphatic imine (C=N–C) groups is 1. The lowest BCUT2D eigenvalue weighted by Crippen LogP contribution is -2.60. The molecule has 6 nitrogen and oxygen atoms in total. The van der Waals surface area contributed by atoms with E-state index < -0.39 is 5.54 Å². The van der Waals surface area contributed by atoms with E-state index in [1.54, 1.807) is 24.1 Å². The van der Waals surface area contributed by atoms with Crippen LogP contribution in [-0.2, 0) is 16.1 Å². The summed E-state index contributed by atoms with van der Waals surface area (Å²) in [5.74, 6) is 0.0673. The van der Waals surface area contributed by atoms with E-state index in [0.29, 0.717) is 18.9 Å². The van der Waals surface area contributed by atoms with Crippen LogP contribution in [0.15, 0.2) is 65.9 Å². The number of aromatic nitrogens is 1. The average molecular weight is 348 g/mol. The third-order valence-corrected chi connectivity index (χ3v) is 4.91. The van der Waals surface area contributed by atoms with E-state index in [0.717, 1.165) is 5.52 Å². The second-order valence-corrected chi connectivity index (χ2v) is 6.71. The molecule has 0 saturated carbocycles. The van der Waals surface area contributed by atoms with Gasteiger partial charge in [-0.25, -0.2) is 0 Å². The number of carbonyl (C=O) groups is 2. The third kappa shape index (κ3) is 2.73. The Morgan fingerprint density at radius 1 is 1.27 bits per heavy atom. The molecule has 26 heavy (non-hydrogen) atoms. The minimum Gasteiger partial charge on any atom is -0.352 e. The van der Waals surface area contributed by atoms with Crippen molar-refractivity contribution >= 4 is 28.6 Å². The predicted octanol–water partition coefficient (Wildman–Crippen LogP) is 2.23. The molecule has 0 saturated heterocycles. The van der Waals surface area contributed by atoms with Gasteiger partial charge in [0.25, 0.3) is 5.91 Å². The number of amidine groups is 1. The molecule has 0 spiro atoms. The second kappa shape index (κ2) is 6.29. The van der Waals surface area contributed by atoms with Crippen molar-refractivity contribution in [2.75, 3.05) is 6.54 Å². The smallest absolute Gasteiger partial charge is 0.250 e. The Morgan fingerprint density at radius 3 is 3.00 bits per heavy atom. The van der Waals surface area contributed by atoms with E-state index in [1.807, 2.05) is 30.5 Å². The quantitative estimate of drug-likeness (QED) is 0.921. The van der Waals surface area contributed by atoms with Crippen molar-refractivity contribution < 1.29 is 9.59 Å². The molecule has 0 fully saturated rings. The Labute approximate surface area is 151 Å². The molecule has 132 valence electrons. The van der Waals surface area contributed by atoms with Gasteiger partial charge in [-0.2, -0.15) is 4.99 Å². The largest absolute Gasteiger partial charge is 0.352 e. The Bertz CT molecular complexity index is 969. The Balaban J connectivity index is 1.46. The molecule has 1 atom stereocenters. The molecular weight excluding hydrogens is 328 g/mol. The van der Waals surface area contributed by atoms with Crippen LogP contribution in [0.4, 0.5) is 0 Å². The summed E-state index contributed by atoms with van der Waals surface area (Å²) in [6.45, 7) is 2.94. The molecule has 4 rings (SSSR count). The van der Waals surface area contributed by atoms with Crippen LogP contribution in [0.1, 0.15) is 13.3 Å². The van der Waals surface area contributed by atoms with Crippen molar-refractivity contribution in [1.29, 1.82) is 0 Å². The normalized spacial score (nSPS) is 21.7. The van der Waals surface area contributed by atoms with Crippen LogP contribution < -0.4 is 5.32 Å². The van der Waals surface area contributed by atoms with E-state index in [2.05, 4.69) is 33.1 Å². The highest BCUT2D eigenvalue weighted by Gasteiger charge is 2.44. The van der Waals surface area contributed by atoms with Gasteiger partial charge in [-0.3, -0.25) is 9.59 Å². The number of allylic oxidation sites excluding steroid dienone is 2. The van der Waals surface area contributed by atoms with Crippen LogP contribution in [0, 0.1) is 0 Å². The summed E-state index contributed by atoms with van der Waals surface area (Å²) in [6.07, 6.45) is 9.27. The molecule has 1 aromatic carbocycles. The van der Waals surface area contributed by atoms with Gasteiger partial charge in [-0.05, 0) is 36.6 Å². The van der Waals surface area contributed by atoms with E-state index in [9.17, 15) is 9.59 Å². The summed E-state index contributed by atoms with van der Waals surface area (Å²) in [5, 5.41) is 4.16. The Hall–Kier alpha value is -3.15. The number of amides is 2. The number of nitrogens with one attached hydrogen (secondary N) is 1. The van der Waals surface area contributed by atoms with Gasteiger partial charge in [-0.15, -0.1) is 0 Å². The van der Waals surface area contributed by atoms with E-state index >= 15 is 0 Å². The maximum atomic E-state index is 12.9. The van der Waals surface area contributed by atoms with E-state index in [4.69, 9.17) is 0 Å². The highest BCUT2D eigenvalue weighted by Crippen LogP contribution is 2.28. The van der Waals surface area contributed by atoms with Crippen LogP contribution >= 0.6 is 0 Å². The first-order valence-corrected chi connectivity index (χ1v) is 8.66. The fourth-order valence-corrected chi connectivity index (χ4v) is 3.50. The first-order valence-electron chi connectivity index (χ1n) is 8.66. The lowest BCUT2D eigenvalue weighted by Gasteiger charge is -2.41. The first-order chi connectivity index (χ1) is 12.6. The number of rotatable bonds is 4. The Kier molecular flexibility index (Phi) is 3.95. The average Bonchev–Trinajstić information content (AvgIpc) is 3.05. The summed E-state index contributed by atoms with van der Waals surface area (Å²) < 4.78 is 2.11. The molecule has 2 amide bonds. The predicted molar refractivity (Wildman–Crippen MR) is 101 cm³/mol. The van der Waals surface area contributed by atoms with Crippen molar-refractivity contribution in [3.63, 3.8) is 0 Å². The van der Waals surface area contributed by atoms with Crippen molar-refractivity contribution in [3.05, 3.63) is 61.0 Å². The van der Waals surface area contributed by atoms with Crippen LogP contribution in [0.25, 0.3) is 10.9 Å². The minimum absolute atomic E-state index is 0.0625. The maximum absolute atomic E-state index is 12.9. The molecule has 3 heterocycles. The molecule has 2 aliphatic heterocycles. The number of fused-ring (bicyclic) bond motifs is 2. The van der Waals surface area contributed by atoms with Crippen molar-refractivity contribution in [2.45, 2.75) is 25.4 Å². The van der Waals surface area contributed by atoms with E-state index in [-0.39, 0.29) is 18.2 Å². The van der Waals surface area contributed by atoms with Crippen molar-refractivity contribution in [1.82, 2.24) is 14.8 Å². The monoisotopic (exact) mass is 348 g/mol. The standard InChI is InChI=1S/C20H20N4O2/c1-20(14-18(25)22-17-8-4-5-11-24(17)20)19(26)21-10-13-23-12-9-15-6-2-3-7-16(15)23/h2-9,11-12H,10,13-14H2,1H3,(H,21,26). The van der Waals surface area contributed by atoms with Crippen molar-refractivity contribution in [3.8, 4) is 0 Å². The van der Waals surface area contributed by atoms with Crippen LogP contribution in [0.2, 0.25) is 0 Å². The third-order valence-electron chi connectivity index (χ3n) is 4.91. The lowest BCUT2D eigenvalue weighted by atomic mass is 9.91. The topological polar surface area (TPSA) is 66.7 Å². The van der Waals surface area contributed by atoms with Gasteiger partial charge in [0.15, 0.2) is 0 Å². The molecular formula is C20H20N4O2. The van der Waals surface area contributed by atoms with Crippen LogP contribution in [0.5, 0.6) is 0 Å². The van der Waals surface area contributed by atoms with Gasteiger partial charge in [0.2, 0.25) is 5.91 Å². The van der Waals surface area contributed by atoms with Gasteiger partial charge in [0.1, 0.15) is 11.4 Å². The van der Waals surface area contributed by atoms with Gasteiger partial charge in [0.05, 0.1) is 6.42 Å². The molecule has 2 aliphatic rings. The maximum Gasteiger partial charge on any atom is 0.250 e. The van der Waals surface area contributed by atoms with Gasteiger partial charge >= 0.3 is 0 Å². The van der Waals surface area contributed by atoms with E-state index in [1.165, 1.54) is 5.39 Å². The SMILES string of the molecule is CC1(C(=O)NCCn2ccc3ccccc32)CC(=O)N=C2C=CC=CN21. The second-order valence-electron chi connectivity index (χ2n) is 6.71. The first kappa shape index (κ1) is 16.3. The number of hydrogen-bond acceptors (Lipinski definition) is 3. The van der Waals surface area contributed by atoms with Gasteiger partial charge in [-0.1, -0.05) is 24.3 Å². The van der Waals surface area contributed by atoms with Crippen molar-refractivity contribution in [2.24, 2.45) is 4.99 Å². The number of para-hydroxylation sites is 1. The number of carbonyl (C=O) groups excluding carboxylic acids is 2. The zero-order valence-corrected chi connectivity index (χ0v) is 14.6.